The van der Waals surface area contributed by atoms with E-state index in [1.165, 1.54) is 19.2 Å². The molecule has 1 rings (SSSR count). The molecule has 0 saturated heterocycles. The molecule has 0 bridgehead atoms. The van der Waals surface area contributed by atoms with Crippen molar-refractivity contribution < 1.29 is 24.2 Å². The molecule has 21 heavy (non-hydrogen) atoms. The summed E-state index contributed by atoms with van der Waals surface area (Å²) in [5, 5.41) is 10.7. The third-order valence-corrected chi connectivity index (χ3v) is 2.91. The van der Waals surface area contributed by atoms with Gasteiger partial charge in [-0.3, -0.25) is 4.79 Å². The molecule has 0 amide bonds. The smallest absolute Gasteiger partial charge is 0.351 e. The fourth-order valence-electron chi connectivity index (χ4n) is 1.85. The average Bonchev–Trinajstić information content (AvgIpc) is 2.43. The number of benzene rings is 1. The minimum atomic E-state index is -2.32. The van der Waals surface area contributed by atoms with Crippen molar-refractivity contribution in [3.05, 3.63) is 29.8 Å². The van der Waals surface area contributed by atoms with Gasteiger partial charge in [-0.25, -0.2) is 4.79 Å². The summed E-state index contributed by atoms with van der Waals surface area (Å²) in [4.78, 5) is 24.5. The first-order valence-electron chi connectivity index (χ1n) is 6.78. The van der Waals surface area contributed by atoms with E-state index in [1.807, 2.05) is 0 Å². The topological polar surface area (TPSA) is 72.8 Å². The Hall–Kier alpha value is -1.88. The van der Waals surface area contributed by atoms with Crippen molar-refractivity contribution in [2.75, 3.05) is 7.11 Å². The van der Waals surface area contributed by atoms with E-state index < -0.39 is 23.0 Å². The van der Waals surface area contributed by atoms with E-state index in [-0.39, 0.29) is 12.0 Å². The molecule has 1 atom stereocenters. The van der Waals surface area contributed by atoms with Gasteiger partial charge < -0.3 is 14.6 Å². The van der Waals surface area contributed by atoms with Crippen LogP contribution in [0.1, 0.15) is 39.7 Å². The van der Waals surface area contributed by atoms with Gasteiger partial charge in [-0.2, -0.15) is 0 Å². The molecule has 1 aromatic carbocycles. The summed E-state index contributed by atoms with van der Waals surface area (Å²) in [5.74, 6) is -1.15. The first-order valence-corrected chi connectivity index (χ1v) is 6.78. The lowest BCUT2D eigenvalue weighted by Crippen LogP contribution is -2.47. The highest BCUT2D eigenvalue weighted by Gasteiger charge is 2.47. The maximum Gasteiger partial charge on any atom is 0.351 e. The van der Waals surface area contributed by atoms with Gasteiger partial charge in [0.15, 0.2) is 5.78 Å². The van der Waals surface area contributed by atoms with Crippen molar-refractivity contribution >= 4 is 11.8 Å². The molecular weight excluding hydrogens is 272 g/mol. The van der Waals surface area contributed by atoms with E-state index in [9.17, 15) is 14.7 Å². The number of methoxy groups -OCH3 is 1. The molecule has 0 aliphatic heterocycles. The number of hydrogen-bond acceptors (Lipinski definition) is 5. The van der Waals surface area contributed by atoms with Crippen LogP contribution in [0.25, 0.3) is 0 Å². The zero-order valence-electron chi connectivity index (χ0n) is 13.1. The number of ether oxygens (including phenoxy) is 2. The Morgan fingerprint density at radius 3 is 2.33 bits per heavy atom. The Bertz CT molecular complexity index is 530. The number of esters is 1. The first kappa shape index (κ1) is 17.2. The predicted molar refractivity (Wildman–Crippen MR) is 78.0 cm³/mol. The van der Waals surface area contributed by atoms with Crippen molar-refractivity contribution in [2.24, 2.45) is 0 Å². The van der Waals surface area contributed by atoms with Crippen LogP contribution < -0.4 is 4.74 Å². The summed E-state index contributed by atoms with van der Waals surface area (Å²) >= 11 is 0. The monoisotopic (exact) mass is 294 g/mol. The molecule has 5 heteroatoms. The van der Waals surface area contributed by atoms with Crippen LogP contribution >= 0.6 is 0 Å². The molecule has 0 heterocycles. The second-order valence-corrected chi connectivity index (χ2v) is 5.72. The van der Waals surface area contributed by atoms with Crippen LogP contribution in [-0.4, -0.2) is 29.6 Å². The molecule has 0 spiro atoms. The molecule has 0 radical (unpaired) electrons. The van der Waals surface area contributed by atoms with Gasteiger partial charge in [0, 0.05) is 12.0 Å². The highest BCUT2D eigenvalue weighted by molar-refractivity contribution is 6.07. The van der Waals surface area contributed by atoms with E-state index in [0.717, 1.165) is 0 Å². The maximum absolute atomic E-state index is 12.3. The number of rotatable bonds is 5. The standard InChI is InChI=1S/C16H22O5/c1-6-13(17)16(19,14(18)21-15(2,3)4)11-8-7-9-12(10-11)20-5/h7-10,19H,6H2,1-5H3. The van der Waals surface area contributed by atoms with E-state index in [1.54, 1.807) is 39.8 Å². The summed E-state index contributed by atoms with van der Waals surface area (Å²) in [6.45, 7) is 6.60. The minimum absolute atomic E-state index is 0.00690. The zero-order chi connectivity index (χ0) is 16.3. The third-order valence-electron chi connectivity index (χ3n) is 2.91. The van der Waals surface area contributed by atoms with E-state index in [2.05, 4.69) is 0 Å². The summed E-state index contributed by atoms with van der Waals surface area (Å²) in [7, 11) is 1.47. The Morgan fingerprint density at radius 2 is 1.86 bits per heavy atom. The van der Waals surface area contributed by atoms with Crippen molar-refractivity contribution in [3.63, 3.8) is 0 Å². The second-order valence-electron chi connectivity index (χ2n) is 5.72. The van der Waals surface area contributed by atoms with Gasteiger partial charge in [0.1, 0.15) is 11.4 Å². The Labute approximate surface area is 124 Å². The SMILES string of the molecule is CCC(=O)C(O)(C(=O)OC(C)(C)C)c1cccc(OC)c1. The number of aliphatic hydroxyl groups is 1. The normalized spacial score (nSPS) is 14.2. The van der Waals surface area contributed by atoms with Gasteiger partial charge >= 0.3 is 5.97 Å². The number of hydrogen-bond donors (Lipinski definition) is 1. The maximum atomic E-state index is 12.3. The van der Waals surface area contributed by atoms with Gasteiger partial charge in [-0.15, -0.1) is 0 Å². The number of Topliss-reactive ketones (excluding diaryl/α,β-unsaturated/α-hetero) is 1. The van der Waals surface area contributed by atoms with Gasteiger partial charge in [0.05, 0.1) is 7.11 Å². The van der Waals surface area contributed by atoms with Crippen molar-refractivity contribution in [1.82, 2.24) is 0 Å². The summed E-state index contributed by atoms with van der Waals surface area (Å²) in [5.41, 5.74) is -2.99. The van der Waals surface area contributed by atoms with Crippen LogP contribution in [0.15, 0.2) is 24.3 Å². The average molecular weight is 294 g/mol. The molecule has 0 aromatic heterocycles. The first-order chi connectivity index (χ1) is 9.65. The van der Waals surface area contributed by atoms with Crippen LogP contribution in [0.4, 0.5) is 0 Å². The summed E-state index contributed by atoms with van der Waals surface area (Å²) < 4.78 is 10.3. The quantitative estimate of drug-likeness (QED) is 0.666. The number of carbonyl (C=O) groups is 2. The number of ketones is 1. The van der Waals surface area contributed by atoms with Crippen molar-refractivity contribution in [1.29, 1.82) is 0 Å². The van der Waals surface area contributed by atoms with Crippen LogP contribution in [-0.2, 0) is 19.9 Å². The Balaban J connectivity index is 3.32. The molecule has 0 aliphatic rings. The molecular formula is C16H22O5. The molecule has 0 saturated carbocycles. The van der Waals surface area contributed by atoms with Gasteiger partial charge in [0.2, 0.25) is 5.60 Å². The highest BCUT2D eigenvalue weighted by atomic mass is 16.6. The fraction of sp³-hybridized carbons (Fsp3) is 0.500. The lowest BCUT2D eigenvalue weighted by atomic mass is 9.87. The zero-order valence-corrected chi connectivity index (χ0v) is 13.1. The van der Waals surface area contributed by atoms with Crippen LogP contribution in [0.5, 0.6) is 5.75 Å². The van der Waals surface area contributed by atoms with E-state index in [4.69, 9.17) is 9.47 Å². The molecule has 0 fully saturated rings. The highest BCUT2D eigenvalue weighted by Crippen LogP contribution is 2.30. The van der Waals surface area contributed by atoms with Crippen LogP contribution in [0.2, 0.25) is 0 Å². The number of carbonyl (C=O) groups excluding carboxylic acids is 2. The van der Waals surface area contributed by atoms with Gasteiger partial charge in [-0.05, 0) is 32.9 Å². The van der Waals surface area contributed by atoms with Crippen molar-refractivity contribution in [3.8, 4) is 5.75 Å². The Morgan fingerprint density at radius 1 is 1.24 bits per heavy atom. The summed E-state index contributed by atoms with van der Waals surface area (Å²) in [6.07, 6.45) is 0.00690. The molecule has 1 aromatic rings. The molecule has 116 valence electrons. The van der Waals surface area contributed by atoms with Gasteiger partial charge in [0.25, 0.3) is 0 Å². The largest absolute Gasteiger partial charge is 0.497 e. The predicted octanol–water partition coefficient (Wildman–Crippen LogP) is 2.20. The minimum Gasteiger partial charge on any atom is -0.497 e. The van der Waals surface area contributed by atoms with Crippen LogP contribution in [0.3, 0.4) is 0 Å². The lowest BCUT2D eigenvalue weighted by Gasteiger charge is -2.29. The summed E-state index contributed by atoms with van der Waals surface area (Å²) in [6, 6.07) is 6.22. The molecule has 1 unspecified atom stereocenters. The van der Waals surface area contributed by atoms with Gasteiger partial charge in [-0.1, -0.05) is 19.1 Å². The molecule has 5 nitrogen and oxygen atoms in total. The lowest BCUT2D eigenvalue weighted by molar-refractivity contribution is -0.181. The Kier molecular flexibility index (Phi) is 5.12. The fourth-order valence-corrected chi connectivity index (χ4v) is 1.85. The molecule has 1 N–H and O–H groups in total. The van der Waals surface area contributed by atoms with Crippen molar-refractivity contribution in [2.45, 2.75) is 45.3 Å². The third kappa shape index (κ3) is 3.82. The van der Waals surface area contributed by atoms with E-state index >= 15 is 0 Å². The van der Waals surface area contributed by atoms with E-state index in [0.29, 0.717) is 5.75 Å². The molecule has 0 aliphatic carbocycles. The second kappa shape index (κ2) is 6.26. The van der Waals surface area contributed by atoms with Crippen LogP contribution in [0, 0.1) is 0 Å².